The first kappa shape index (κ1) is 15.9. The Hall–Kier alpha value is -1.11. The molecule has 0 atom stereocenters. The van der Waals surface area contributed by atoms with Crippen molar-refractivity contribution in [1.82, 2.24) is 5.32 Å². The molecule has 19 heavy (non-hydrogen) atoms. The smallest absolute Gasteiger partial charge is 0.255 e. The number of ether oxygens (including phenoxy) is 3. The maximum absolute atomic E-state index is 11.9. The Bertz CT molecular complexity index is 412. The fraction of sp³-hybridized carbons (Fsp3) is 0.462. The van der Waals surface area contributed by atoms with Gasteiger partial charge >= 0.3 is 0 Å². The van der Waals surface area contributed by atoms with Crippen molar-refractivity contribution >= 4 is 21.8 Å². The molecule has 1 aromatic carbocycles. The number of methoxy groups -OCH3 is 2. The number of amides is 1. The summed E-state index contributed by atoms with van der Waals surface area (Å²) in [5, 5.41) is 2.77. The number of carbonyl (C=O) groups excluding carboxylic acids is 1. The van der Waals surface area contributed by atoms with E-state index in [9.17, 15) is 4.79 Å². The molecule has 1 N–H and O–H groups in total. The second kappa shape index (κ2) is 8.90. The van der Waals surface area contributed by atoms with Gasteiger partial charge in [0, 0.05) is 18.1 Å². The molecule has 1 aromatic rings. The molecular formula is C13H18BrNO4. The highest BCUT2D eigenvalue weighted by molar-refractivity contribution is 9.10. The van der Waals surface area contributed by atoms with E-state index in [4.69, 9.17) is 14.2 Å². The van der Waals surface area contributed by atoms with Gasteiger partial charge in [-0.2, -0.15) is 0 Å². The van der Waals surface area contributed by atoms with Crippen molar-refractivity contribution in [3.05, 3.63) is 28.2 Å². The molecule has 1 amide bonds. The fourth-order valence-electron chi connectivity index (χ4n) is 1.43. The van der Waals surface area contributed by atoms with E-state index in [0.717, 1.165) is 4.47 Å². The predicted octanol–water partition coefficient (Wildman–Crippen LogP) is 1.85. The highest BCUT2D eigenvalue weighted by atomic mass is 79.9. The average Bonchev–Trinajstić information content (AvgIpc) is 2.42. The van der Waals surface area contributed by atoms with E-state index < -0.39 is 0 Å². The summed E-state index contributed by atoms with van der Waals surface area (Å²) in [4.78, 5) is 11.9. The van der Waals surface area contributed by atoms with Crippen molar-refractivity contribution in [2.24, 2.45) is 0 Å². The van der Waals surface area contributed by atoms with Gasteiger partial charge in [-0.05, 0) is 18.2 Å². The van der Waals surface area contributed by atoms with Crippen LogP contribution in [0.5, 0.6) is 5.75 Å². The SMILES string of the molecule is COCCOCCNC(=O)c1ccc(Br)cc1OC. The zero-order valence-corrected chi connectivity index (χ0v) is 12.7. The Morgan fingerprint density at radius 3 is 2.74 bits per heavy atom. The van der Waals surface area contributed by atoms with Crippen molar-refractivity contribution in [3.63, 3.8) is 0 Å². The minimum atomic E-state index is -0.181. The van der Waals surface area contributed by atoms with Gasteiger partial charge in [0.2, 0.25) is 0 Å². The van der Waals surface area contributed by atoms with E-state index in [-0.39, 0.29) is 5.91 Å². The molecule has 0 fully saturated rings. The Morgan fingerprint density at radius 2 is 2.05 bits per heavy atom. The van der Waals surface area contributed by atoms with E-state index in [0.29, 0.717) is 37.7 Å². The number of halogens is 1. The lowest BCUT2D eigenvalue weighted by Crippen LogP contribution is -2.28. The molecular weight excluding hydrogens is 314 g/mol. The Balaban J connectivity index is 2.41. The van der Waals surface area contributed by atoms with Gasteiger partial charge in [0.15, 0.2) is 0 Å². The second-order valence-electron chi connectivity index (χ2n) is 3.71. The Morgan fingerprint density at radius 1 is 1.26 bits per heavy atom. The quantitative estimate of drug-likeness (QED) is 0.738. The molecule has 0 saturated heterocycles. The summed E-state index contributed by atoms with van der Waals surface area (Å²) in [5.41, 5.74) is 0.502. The summed E-state index contributed by atoms with van der Waals surface area (Å²) in [6.07, 6.45) is 0. The number of nitrogens with one attached hydrogen (secondary N) is 1. The van der Waals surface area contributed by atoms with Crippen molar-refractivity contribution in [3.8, 4) is 5.75 Å². The van der Waals surface area contributed by atoms with Crippen LogP contribution in [0.4, 0.5) is 0 Å². The first-order valence-corrected chi connectivity index (χ1v) is 6.66. The molecule has 0 spiro atoms. The minimum Gasteiger partial charge on any atom is -0.496 e. The summed E-state index contributed by atoms with van der Waals surface area (Å²) >= 11 is 3.33. The van der Waals surface area contributed by atoms with Gasteiger partial charge in [0.1, 0.15) is 5.75 Å². The third kappa shape index (κ3) is 5.59. The van der Waals surface area contributed by atoms with Gasteiger partial charge in [-0.15, -0.1) is 0 Å². The van der Waals surface area contributed by atoms with E-state index in [2.05, 4.69) is 21.2 Å². The summed E-state index contributed by atoms with van der Waals surface area (Å²) in [6.45, 7) is 1.97. The molecule has 0 radical (unpaired) electrons. The predicted molar refractivity (Wildman–Crippen MR) is 75.7 cm³/mol. The van der Waals surface area contributed by atoms with Crippen LogP contribution in [-0.4, -0.2) is 46.5 Å². The van der Waals surface area contributed by atoms with Gasteiger partial charge in [-0.3, -0.25) is 4.79 Å². The normalized spacial score (nSPS) is 10.3. The van der Waals surface area contributed by atoms with Crippen molar-refractivity contribution in [2.45, 2.75) is 0 Å². The molecule has 0 aromatic heterocycles. The van der Waals surface area contributed by atoms with Crippen molar-refractivity contribution in [1.29, 1.82) is 0 Å². The van der Waals surface area contributed by atoms with Crippen LogP contribution < -0.4 is 10.1 Å². The number of rotatable bonds is 8. The van der Waals surface area contributed by atoms with E-state index in [1.165, 1.54) is 7.11 Å². The van der Waals surface area contributed by atoms with Gasteiger partial charge < -0.3 is 19.5 Å². The van der Waals surface area contributed by atoms with Gasteiger partial charge in [-0.1, -0.05) is 15.9 Å². The summed E-state index contributed by atoms with van der Waals surface area (Å²) in [7, 11) is 3.15. The van der Waals surface area contributed by atoms with Gasteiger partial charge in [0.25, 0.3) is 5.91 Å². The molecule has 0 unspecified atom stereocenters. The van der Waals surface area contributed by atoms with Crippen LogP contribution in [0.3, 0.4) is 0 Å². The zero-order valence-electron chi connectivity index (χ0n) is 11.1. The third-order valence-electron chi connectivity index (χ3n) is 2.37. The van der Waals surface area contributed by atoms with Crippen LogP contribution in [0, 0.1) is 0 Å². The van der Waals surface area contributed by atoms with E-state index in [1.807, 2.05) is 0 Å². The number of hydrogen-bond acceptors (Lipinski definition) is 4. The molecule has 0 aliphatic carbocycles. The van der Waals surface area contributed by atoms with Crippen LogP contribution in [0.2, 0.25) is 0 Å². The number of carbonyl (C=O) groups is 1. The molecule has 6 heteroatoms. The minimum absolute atomic E-state index is 0.181. The molecule has 0 aliphatic rings. The molecule has 0 saturated carbocycles. The largest absolute Gasteiger partial charge is 0.496 e. The van der Waals surface area contributed by atoms with Crippen LogP contribution in [0.15, 0.2) is 22.7 Å². The zero-order chi connectivity index (χ0) is 14.1. The highest BCUT2D eigenvalue weighted by Crippen LogP contribution is 2.23. The third-order valence-corrected chi connectivity index (χ3v) is 2.87. The van der Waals surface area contributed by atoms with Crippen LogP contribution in [0.1, 0.15) is 10.4 Å². The summed E-state index contributed by atoms with van der Waals surface area (Å²) in [5.74, 6) is 0.354. The standard InChI is InChI=1S/C13H18BrNO4/c1-17-7-8-19-6-5-15-13(16)11-4-3-10(14)9-12(11)18-2/h3-4,9H,5-8H2,1-2H3,(H,15,16). The highest BCUT2D eigenvalue weighted by Gasteiger charge is 2.11. The number of hydrogen-bond donors (Lipinski definition) is 1. The van der Waals surface area contributed by atoms with Gasteiger partial charge in [0.05, 0.1) is 32.5 Å². The van der Waals surface area contributed by atoms with Crippen LogP contribution >= 0.6 is 15.9 Å². The second-order valence-corrected chi connectivity index (χ2v) is 4.62. The van der Waals surface area contributed by atoms with Gasteiger partial charge in [-0.25, -0.2) is 0 Å². The molecule has 0 heterocycles. The topological polar surface area (TPSA) is 56.8 Å². The Kier molecular flexibility index (Phi) is 7.47. The summed E-state index contributed by atoms with van der Waals surface area (Å²) in [6, 6.07) is 5.26. The van der Waals surface area contributed by atoms with Crippen molar-refractivity contribution < 1.29 is 19.0 Å². The lowest BCUT2D eigenvalue weighted by molar-refractivity contribution is 0.0692. The number of benzene rings is 1. The summed E-state index contributed by atoms with van der Waals surface area (Å²) < 4.78 is 16.1. The monoisotopic (exact) mass is 331 g/mol. The Labute approximate surface area is 121 Å². The van der Waals surface area contributed by atoms with Crippen molar-refractivity contribution in [2.75, 3.05) is 40.6 Å². The molecule has 0 bridgehead atoms. The van der Waals surface area contributed by atoms with E-state index in [1.54, 1.807) is 25.3 Å². The maximum Gasteiger partial charge on any atom is 0.255 e. The first-order chi connectivity index (χ1) is 9.19. The lowest BCUT2D eigenvalue weighted by Gasteiger charge is -2.10. The molecule has 0 aliphatic heterocycles. The van der Waals surface area contributed by atoms with E-state index >= 15 is 0 Å². The van der Waals surface area contributed by atoms with Crippen LogP contribution in [-0.2, 0) is 9.47 Å². The molecule has 106 valence electrons. The molecule has 5 nitrogen and oxygen atoms in total. The maximum atomic E-state index is 11.9. The fourth-order valence-corrected chi connectivity index (χ4v) is 1.77. The van der Waals surface area contributed by atoms with Crippen LogP contribution in [0.25, 0.3) is 0 Å². The lowest BCUT2D eigenvalue weighted by atomic mass is 10.2. The average molecular weight is 332 g/mol. The molecule has 1 rings (SSSR count). The first-order valence-electron chi connectivity index (χ1n) is 5.87.